The smallest absolute Gasteiger partial charge is 0.410 e. The molecule has 1 amide bonds. The molecular formula is C16H26N2O4. The molecule has 1 fully saturated rings. The molecule has 124 valence electrons. The number of piperidine rings is 1. The highest BCUT2D eigenvalue weighted by molar-refractivity contribution is 5.68. The molecule has 2 rings (SSSR count). The maximum Gasteiger partial charge on any atom is 0.410 e. The summed E-state index contributed by atoms with van der Waals surface area (Å²) in [6, 6.07) is 3.85. The van der Waals surface area contributed by atoms with Gasteiger partial charge in [0.05, 0.1) is 6.54 Å². The molecule has 0 radical (unpaired) electrons. The van der Waals surface area contributed by atoms with Crippen LogP contribution in [-0.4, -0.2) is 40.8 Å². The molecule has 1 aliphatic rings. The number of amides is 1. The van der Waals surface area contributed by atoms with Gasteiger partial charge in [0, 0.05) is 19.1 Å². The first kappa shape index (κ1) is 16.8. The zero-order valence-electron chi connectivity index (χ0n) is 13.6. The number of aliphatic hydroxyl groups is 1. The van der Waals surface area contributed by atoms with E-state index in [1.807, 2.05) is 26.8 Å². The van der Waals surface area contributed by atoms with Gasteiger partial charge in [-0.15, -0.1) is 0 Å². The number of furan rings is 1. The van der Waals surface area contributed by atoms with Crippen LogP contribution in [0.25, 0.3) is 0 Å². The molecule has 0 aromatic carbocycles. The molecule has 0 aliphatic carbocycles. The lowest BCUT2D eigenvalue weighted by Crippen LogP contribution is -2.49. The second-order valence-corrected chi connectivity index (χ2v) is 6.67. The fourth-order valence-corrected chi connectivity index (χ4v) is 2.48. The van der Waals surface area contributed by atoms with Crippen molar-refractivity contribution in [3.63, 3.8) is 0 Å². The average molecular weight is 310 g/mol. The van der Waals surface area contributed by atoms with Crippen LogP contribution in [0.1, 0.15) is 45.1 Å². The normalized spacial score (nSPS) is 19.3. The van der Waals surface area contributed by atoms with E-state index in [0.29, 0.717) is 18.8 Å². The molecular weight excluding hydrogens is 284 g/mol. The van der Waals surface area contributed by atoms with E-state index in [0.717, 1.165) is 25.1 Å². The van der Waals surface area contributed by atoms with Crippen LogP contribution >= 0.6 is 0 Å². The quantitative estimate of drug-likeness (QED) is 0.892. The third-order valence-corrected chi connectivity index (χ3v) is 3.51. The van der Waals surface area contributed by atoms with Gasteiger partial charge in [-0.2, -0.15) is 0 Å². The Bertz CT molecular complexity index is 493. The fourth-order valence-electron chi connectivity index (χ4n) is 2.48. The second-order valence-electron chi connectivity index (χ2n) is 6.67. The standard InChI is InChI=1S/C16H26N2O4/c1-16(2,3)22-15(20)18-8-4-5-12(10-18)17-9-13-6-7-14(11-19)21-13/h6-7,12,17,19H,4-5,8-11H2,1-3H3. The molecule has 22 heavy (non-hydrogen) atoms. The minimum atomic E-state index is -0.466. The molecule has 1 saturated heterocycles. The molecule has 1 aliphatic heterocycles. The van der Waals surface area contributed by atoms with Gasteiger partial charge in [0.15, 0.2) is 0 Å². The Kier molecular flexibility index (Phi) is 5.47. The number of rotatable bonds is 4. The van der Waals surface area contributed by atoms with Gasteiger partial charge in [-0.3, -0.25) is 0 Å². The molecule has 2 N–H and O–H groups in total. The van der Waals surface area contributed by atoms with E-state index >= 15 is 0 Å². The Balaban J connectivity index is 1.81. The lowest BCUT2D eigenvalue weighted by molar-refractivity contribution is 0.0186. The summed E-state index contributed by atoms with van der Waals surface area (Å²) in [5.74, 6) is 1.36. The third kappa shape index (κ3) is 5.03. The van der Waals surface area contributed by atoms with Crippen LogP contribution in [0.5, 0.6) is 0 Å². The van der Waals surface area contributed by atoms with Crippen LogP contribution in [-0.2, 0) is 17.9 Å². The van der Waals surface area contributed by atoms with E-state index in [4.69, 9.17) is 14.3 Å². The minimum absolute atomic E-state index is 0.0875. The highest BCUT2D eigenvalue weighted by atomic mass is 16.6. The molecule has 0 bridgehead atoms. The Labute approximate surface area is 131 Å². The van der Waals surface area contributed by atoms with Crippen molar-refractivity contribution in [1.82, 2.24) is 10.2 Å². The summed E-state index contributed by atoms with van der Waals surface area (Å²) in [6.07, 6.45) is 1.73. The van der Waals surface area contributed by atoms with Crippen molar-refractivity contribution in [2.75, 3.05) is 13.1 Å². The molecule has 0 saturated carbocycles. The summed E-state index contributed by atoms with van der Waals surface area (Å²) >= 11 is 0. The number of carbonyl (C=O) groups excluding carboxylic acids is 1. The van der Waals surface area contributed by atoms with Crippen molar-refractivity contribution in [3.05, 3.63) is 23.7 Å². The molecule has 0 spiro atoms. The van der Waals surface area contributed by atoms with Gasteiger partial charge in [-0.05, 0) is 45.7 Å². The maximum atomic E-state index is 12.1. The summed E-state index contributed by atoms with van der Waals surface area (Å²) in [6.45, 7) is 7.51. The summed E-state index contributed by atoms with van der Waals surface area (Å²) in [4.78, 5) is 13.9. The fraction of sp³-hybridized carbons (Fsp3) is 0.688. The van der Waals surface area contributed by atoms with Gasteiger partial charge in [-0.25, -0.2) is 4.79 Å². The maximum absolute atomic E-state index is 12.1. The van der Waals surface area contributed by atoms with Crippen molar-refractivity contribution >= 4 is 6.09 Å². The number of hydrogen-bond donors (Lipinski definition) is 2. The number of ether oxygens (including phenoxy) is 1. The summed E-state index contributed by atoms with van der Waals surface area (Å²) < 4.78 is 10.9. The largest absolute Gasteiger partial charge is 0.462 e. The molecule has 1 atom stereocenters. The summed E-state index contributed by atoms with van der Waals surface area (Å²) in [7, 11) is 0. The molecule has 6 nitrogen and oxygen atoms in total. The van der Waals surface area contributed by atoms with Gasteiger partial charge in [0.2, 0.25) is 0 Å². The topological polar surface area (TPSA) is 74.9 Å². The Hall–Kier alpha value is -1.53. The Morgan fingerprint density at radius 2 is 2.18 bits per heavy atom. The molecule has 1 unspecified atom stereocenters. The van der Waals surface area contributed by atoms with Crippen LogP contribution in [0.4, 0.5) is 4.79 Å². The summed E-state index contributed by atoms with van der Waals surface area (Å²) in [5.41, 5.74) is -0.466. The molecule has 2 heterocycles. The van der Waals surface area contributed by atoms with Crippen molar-refractivity contribution in [2.24, 2.45) is 0 Å². The van der Waals surface area contributed by atoms with Gasteiger partial charge < -0.3 is 24.5 Å². The molecule has 6 heteroatoms. The lowest BCUT2D eigenvalue weighted by Gasteiger charge is -2.34. The number of nitrogens with one attached hydrogen (secondary N) is 1. The first-order valence-corrected chi connectivity index (χ1v) is 7.77. The lowest BCUT2D eigenvalue weighted by atomic mass is 10.1. The van der Waals surface area contributed by atoms with E-state index in [1.165, 1.54) is 0 Å². The van der Waals surface area contributed by atoms with Gasteiger partial charge >= 0.3 is 6.09 Å². The highest BCUT2D eigenvalue weighted by Crippen LogP contribution is 2.16. The van der Waals surface area contributed by atoms with Crippen molar-refractivity contribution in [1.29, 1.82) is 0 Å². The number of nitrogens with zero attached hydrogens (tertiary/aromatic N) is 1. The Morgan fingerprint density at radius 3 is 2.82 bits per heavy atom. The van der Waals surface area contributed by atoms with Crippen LogP contribution < -0.4 is 5.32 Å². The van der Waals surface area contributed by atoms with Crippen LogP contribution in [0.15, 0.2) is 16.5 Å². The predicted octanol–water partition coefficient (Wildman–Crippen LogP) is 2.26. The molecule has 1 aromatic heterocycles. The number of likely N-dealkylation sites (tertiary alicyclic amines) is 1. The SMILES string of the molecule is CC(C)(C)OC(=O)N1CCCC(NCc2ccc(CO)o2)C1. The van der Waals surface area contributed by atoms with E-state index in [2.05, 4.69) is 5.32 Å². The number of carbonyl (C=O) groups is 1. The van der Waals surface area contributed by atoms with Gasteiger partial charge in [0.25, 0.3) is 0 Å². The third-order valence-electron chi connectivity index (χ3n) is 3.51. The minimum Gasteiger partial charge on any atom is -0.462 e. The number of hydrogen-bond acceptors (Lipinski definition) is 5. The first-order valence-electron chi connectivity index (χ1n) is 7.77. The van der Waals surface area contributed by atoms with E-state index in [1.54, 1.807) is 11.0 Å². The average Bonchev–Trinajstić information content (AvgIpc) is 2.92. The molecule has 1 aromatic rings. The highest BCUT2D eigenvalue weighted by Gasteiger charge is 2.27. The zero-order valence-corrected chi connectivity index (χ0v) is 13.6. The van der Waals surface area contributed by atoms with Gasteiger partial charge in [-0.1, -0.05) is 0 Å². The van der Waals surface area contributed by atoms with Crippen molar-refractivity contribution < 1.29 is 19.1 Å². The van der Waals surface area contributed by atoms with Gasteiger partial charge in [0.1, 0.15) is 23.7 Å². The zero-order chi connectivity index (χ0) is 16.2. The van der Waals surface area contributed by atoms with Crippen LogP contribution in [0.2, 0.25) is 0 Å². The summed E-state index contributed by atoms with van der Waals surface area (Å²) in [5, 5.41) is 12.4. The van der Waals surface area contributed by atoms with E-state index in [-0.39, 0.29) is 18.7 Å². The van der Waals surface area contributed by atoms with Crippen molar-refractivity contribution in [3.8, 4) is 0 Å². The van der Waals surface area contributed by atoms with Crippen molar-refractivity contribution in [2.45, 2.75) is 58.4 Å². The predicted molar refractivity (Wildman–Crippen MR) is 82.3 cm³/mol. The van der Waals surface area contributed by atoms with Crippen LogP contribution in [0, 0.1) is 0 Å². The van der Waals surface area contributed by atoms with E-state index in [9.17, 15) is 4.79 Å². The second kappa shape index (κ2) is 7.15. The van der Waals surface area contributed by atoms with Crippen LogP contribution in [0.3, 0.4) is 0 Å². The first-order chi connectivity index (χ1) is 10.4. The Morgan fingerprint density at radius 1 is 1.45 bits per heavy atom. The monoisotopic (exact) mass is 310 g/mol. The van der Waals surface area contributed by atoms with E-state index < -0.39 is 5.60 Å². The number of aliphatic hydroxyl groups excluding tert-OH is 1.